The Morgan fingerprint density at radius 1 is 1.50 bits per heavy atom. The van der Waals surface area contributed by atoms with E-state index in [1.54, 1.807) is 6.92 Å². The number of likely N-dealkylation sites (tertiary alicyclic amines) is 1. The van der Waals surface area contributed by atoms with Crippen LogP contribution in [0.15, 0.2) is 0 Å². The van der Waals surface area contributed by atoms with Crippen molar-refractivity contribution >= 4 is 5.91 Å². The lowest BCUT2D eigenvalue weighted by atomic mass is 10.1. The summed E-state index contributed by atoms with van der Waals surface area (Å²) in [5.41, 5.74) is 5.49. The Morgan fingerprint density at radius 3 is 2.75 bits per heavy atom. The number of rotatable bonds is 5. The first-order chi connectivity index (χ1) is 7.49. The predicted octanol–water partition coefficient (Wildman–Crippen LogP) is 0.428. The molecule has 1 heterocycles. The van der Waals surface area contributed by atoms with Crippen molar-refractivity contribution < 1.29 is 4.79 Å². The van der Waals surface area contributed by atoms with E-state index in [1.807, 2.05) is 0 Å². The van der Waals surface area contributed by atoms with Gasteiger partial charge in [0.2, 0.25) is 5.91 Å². The number of nitrogens with zero attached hydrogens (tertiary/aromatic N) is 1. The highest BCUT2D eigenvalue weighted by Gasteiger charge is 2.23. The second-order valence-electron chi connectivity index (χ2n) is 5.34. The van der Waals surface area contributed by atoms with Crippen molar-refractivity contribution in [2.45, 2.75) is 33.2 Å². The van der Waals surface area contributed by atoms with Gasteiger partial charge < -0.3 is 16.0 Å². The van der Waals surface area contributed by atoms with Crippen LogP contribution in [0.3, 0.4) is 0 Å². The van der Waals surface area contributed by atoms with Gasteiger partial charge in [0.25, 0.3) is 0 Å². The Labute approximate surface area is 98.6 Å². The van der Waals surface area contributed by atoms with Crippen molar-refractivity contribution in [2.75, 3.05) is 26.2 Å². The van der Waals surface area contributed by atoms with E-state index in [0.29, 0.717) is 5.92 Å². The van der Waals surface area contributed by atoms with E-state index < -0.39 is 6.04 Å². The maximum absolute atomic E-state index is 11.3. The van der Waals surface area contributed by atoms with Gasteiger partial charge in [-0.15, -0.1) is 0 Å². The molecule has 0 spiro atoms. The van der Waals surface area contributed by atoms with Crippen LogP contribution >= 0.6 is 0 Å². The molecule has 0 radical (unpaired) electrons. The normalized spacial score (nSPS) is 23.7. The van der Waals surface area contributed by atoms with E-state index in [4.69, 9.17) is 5.73 Å². The Balaban J connectivity index is 2.19. The number of nitrogens with two attached hydrogens (primary N) is 1. The highest BCUT2D eigenvalue weighted by Crippen LogP contribution is 2.16. The fourth-order valence-corrected chi connectivity index (χ4v) is 2.17. The molecule has 1 amide bonds. The van der Waals surface area contributed by atoms with Crippen molar-refractivity contribution in [3.63, 3.8) is 0 Å². The van der Waals surface area contributed by atoms with Crippen LogP contribution in [0.25, 0.3) is 0 Å². The average Bonchev–Trinajstić information content (AvgIpc) is 2.60. The fraction of sp³-hybridized carbons (Fsp3) is 0.917. The Morgan fingerprint density at radius 2 is 2.19 bits per heavy atom. The van der Waals surface area contributed by atoms with Gasteiger partial charge in [0.15, 0.2) is 0 Å². The van der Waals surface area contributed by atoms with Crippen LogP contribution in [-0.2, 0) is 4.79 Å². The maximum Gasteiger partial charge on any atom is 0.236 e. The van der Waals surface area contributed by atoms with Crippen LogP contribution in [0, 0.1) is 11.8 Å². The third-order valence-electron chi connectivity index (χ3n) is 2.97. The Kier molecular flexibility index (Phi) is 5.22. The van der Waals surface area contributed by atoms with Gasteiger partial charge in [-0.3, -0.25) is 4.79 Å². The highest BCUT2D eigenvalue weighted by molar-refractivity contribution is 5.80. The summed E-state index contributed by atoms with van der Waals surface area (Å²) in [4.78, 5) is 13.8. The molecule has 16 heavy (non-hydrogen) atoms. The van der Waals surface area contributed by atoms with Gasteiger partial charge in [-0.05, 0) is 31.7 Å². The fourth-order valence-electron chi connectivity index (χ4n) is 2.17. The number of hydrogen-bond acceptors (Lipinski definition) is 3. The first kappa shape index (κ1) is 13.5. The van der Waals surface area contributed by atoms with Crippen LogP contribution in [0.5, 0.6) is 0 Å². The van der Waals surface area contributed by atoms with Crippen LogP contribution in [0.4, 0.5) is 0 Å². The van der Waals surface area contributed by atoms with E-state index in [-0.39, 0.29) is 5.91 Å². The van der Waals surface area contributed by atoms with Crippen molar-refractivity contribution in [3.8, 4) is 0 Å². The van der Waals surface area contributed by atoms with E-state index in [2.05, 4.69) is 24.1 Å². The van der Waals surface area contributed by atoms with Gasteiger partial charge in [0.1, 0.15) is 0 Å². The summed E-state index contributed by atoms with van der Waals surface area (Å²) >= 11 is 0. The Hall–Kier alpha value is -0.610. The summed E-state index contributed by atoms with van der Waals surface area (Å²) in [5, 5.41) is 2.91. The molecule has 3 N–H and O–H groups in total. The van der Waals surface area contributed by atoms with Gasteiger partial charge in [-0.2, -0.15) is 0 Å². The quantitative estimate of drug-likeness (QED) is 0.716. The summed E-state index contributed by atoms with van der Waals surface area (Å²) < 4.78 is 0. The monoisotopic (exact) mass is 227 g/mol. The van der Waals surface area contributed by atoms with E-state index in [9.17, 15) is 4.79 Å². The first-order valence-electron chi connectivity index (χ1n) is 6.24. The summed E-state index contributed by atoms with van der Waals surface area (Å²) in [6, 6.07) is -0.395. The standard InChI is InChI=1S/C12H25N3O/c1-9(2)7-15-5-4-11(8-15)6-14-12(16)10(3)13/h9-11H,4-8,13H2,1-3H3,(H,14,16). The van der Waals surface area contributed by atoms with Crippen molar-refractivity contribution in [1.82, 2.24) is 10.2 Å². The number of carbonyl (C=O) groups is 1. The molecule has 0 aliphatic carbocycles. The summed E-state index contributed by atoms with van der Waals surface area (Å²) in [6.45, 7) is 10.4. The molecule has 1 aliphatic rings. The minimum atomic E-state index is -0.395. The van der Waals surface area contributed by atoms with Crippen molar-refractivity contribution in [1.29, 1.82) is 0 Å². The molecular weight excluding hydrogens is 202 g/mol. The smallest absolute Gasteiger partial charge is 0.236 e. The molecule has 94 valence electrons. The zero-order valence-corrected chi connectivity index (χ0v) is 10.7. The third-order valence-corrected chi connectivity index (χ3v) is 2.97. The lowest BCUT2D eigenvalue weighted by Crippen LogP contribution is -2.41. The Bertz CT molecular complexity index is 228. The molecule has 4 nitrogen and oxygen atoms in total. The van der Waals surface area contributed by atoms with Crippen LogP contribution in [0.1, 0.15) is 27.2 Å². The summed E-state index contributed by atoms with van der Waals surface area (Å²) in [6.07, 6.45) is 1.19. The first-order valence-corrected chi connectivity index (χ1v) is 6.24. The predicted molar refractivity (Wildman–Crippen MR) is 66.0 cm³/mol. The molecule has 1 aliphatic heterocycles. The minimum absolute atomic E-state index is 0.0395. The van der Waals surface area contributed by atoms with Crippen LogP contribution < -0.4 is 11.1 Å². The molecule has 1 saturated heterocycles. The second kappa shape index (κ2) is 6.21. The molecule has 1 fully saturated rings. The topological polar surface area (TPSA) is 58.4 Å². The van der Waals surface area contributed by atoms with Crippen LogP contribution in [0.2, 0.25) is 0 Å². The molecule has 2 atom stereocenters. The van der Waals surface area contributed by atoms with Crippen molar-refractivity contribution in [2.24, 2.45) is 17.6 Å². The lowest BCUT2D eigenvalue weighted by molar-refractivity contribution is -0.122. The third kappa shape index (κ3) is 4.49. The number of amides is 1. The van der Waals surface area contributed by atoms with E-state index >= 15 is 0 Å². The molecule has 0 aromatic heterocycles. The number of hydrogen-bond donors (Lipinski definition) is 2. The molecule has 0 bridgehead atoms. The lowest BCUT2D eigenvalue weighted by Gasteiger charge is -2.18. The molecule has 0 aromatic rings. The minimum Gasteiger partial charge on any atom is -0.354 e. The van der Waals surface area contributed by atoms with Gasteiger partial charge in [-0.25, -0.2) is 0 Å². The summed E-state index contributed by atoms with van der Waals surface area (Å²) in [7, 11) is 0. The summed E-state index contributed by atoms with van der Waals surface area (Å²) in [5.74, 6) is 1.28. The molecule has 1 rings (SSSR count). The molecule has 0 aromatic carbocycles. The zero-order valence-electron chi connectivity index (χ0n) is 10.7. The highest BCUT2D eigenvalue weighted by atomic mass is 16.2. The molecule has 4 heteroatoms. The number of carbonyl (C=O) groups excluding carboxylic acids is 1. The van der Waals surface area contributed by atoms with Crippen LogP contribution in [-0.4, -0.2) is 43.0 Å². The SMILES string of the molecule is CC(C)CN1CCC(CNC(=O)C(C)N)C1. The second-order valence-corrected chi connectivity index (χ2v) is 5.34. The van der Waals surface area contributed by atoms with E-state index in [1.165, 1.54) is 6.42 Å². The maximum atomic E-state index is 11.3. The average molecular weight is 227 g/mol. The molecular formula is C12H25N3O. The largest absolute Gasteiger partial charge is 0.354 e. The van der Waals surface area contributed by atoms with Gasteiger partial charge in [0, 0.05) is 19.6 Å². The zero-order chi connectivity index (χ0) is 12.1. The molecule has 0 saturated carbocycles. The van der Waals surface area contributed by atoms with E-state index in [0.717, 1.165) is 32.1 Å². The van der Waals surface area contributed by atoms with Gasteiger partial charge in [0.05, 0.1) is 6.04 Å². The van der Waals surface area contributed by atoms with Gasteiger partial charge in [-0.1, -0.05) is 13.8 Å². The van der Waals surface area contributed by atoms with Gasteiger partial charge >= 0.3 is 0 Å². The molecule has 2 unspecified atom stereocenters. The number of nitrogens with one attached hydrogen (secondary N) is 1. The van der Waals surface area contributed by atoms with Crippen molar-refractivity contribution in [3.05, 3.63) is 0 Å².